The van der Waals surface area contributed by atoms with Crippen LogP contribution in [0.3, 0.4) is 0 Å². The third-order valence-corrected chi connectivity index (χ3v) is 0. The van der Waals surface area contributed by atoms with Gasteiger partial charge >= 0.3 is 46.1 Å². The van der Waals surface area contributed by atoms with Crippen LogP contribution in [0.25, 0.3) is 0 Å². The second-order valence-electron chi connectivity index (χ2n) is 0. The SMILES string of the molecule is O.O=S.[H-].[H-].[H-].[H-].[Mg+2].[Mg+2]. The van der Waals surface area contributed by atoms with Crippen molar-refractivity contribution in [2.45, 2.75) is 0 Å². The third kappa shape index (κ3) is 29.7. The Kier molecular flexibility index (Phi) is 308. The van der Waals surface area contributed by atoms with Crippen LogP contribution < -0.4 is 0 Å². The summed E-state index contributed by atoms with van der Waals surface area (Å²) in [6, 6.07) is 0. The molecule has 0 saturated heterocycles. The van der Waals surface area contributed by atoms with Gasteiger partial charge in [-0.2, -0.15) is 4.21 Å². The molecule has 0 aromatic carbocycles. The van der Waals surface area contributed by atoms with Gasteiger partial charge in [0.05, 0.1) is 0 Å². The summed E-state index contributed by atoms with van der Waals surface area (Å²) in [5.41, 5.74) is 0. The van der Waals surface area contributed by atoms with E-state index in [1.54, 1.807) is 0 Å². The molecule has 5 heavy (non-hydrogen) atoms. The fourth-order valence-corrected chi connectivity index (χ4v) is 0. The molecule has 0 spiro atoms. The summed E-state index contributed by atoms with van der Waals surface area (Å²) in [5.74, 6) is 0. The Morgan fingerprint density at radius 1 is 1.20 bits per heavy atom. The Labute approximate surface area is 73.8 Å². The van der Waals surface area contributed by atoms with Gasteiger partial charge in [0.15, 0.2) is 12.5 Å². The molecular weight excluding hydrogens is 113 g/mol. The average Bonchev–Trinajstić information content (AvgIpc) is 1.00. The minimum Gasteiger partial charge on any atom is -1.00 e. The van der Waals surface area contributed by atoms with Crippen LogP contribution in [0, 0.1) is 0 Å². The van der Waals surface area contributed by atoms with Crippen LogP contribution in [0.5, 0.6) is 0 Å². The molecule has 0 unspecified atom stereocenters. The molecule has 0 fully saturated rings. The molecule has 2 N–H and O–H groups in total. The van der Waals surface area contributed by atoms with Crippen molar-refractivity contribution >= 4 is 58.6 Å². The first-order valence-corrected chi connectivity index (χ1v) is 0.500. The third-order valence-electron chi connectivity index (χ3n) is 0. The van der Waals surface area contributed by atoms with E-state index >= 15 is 0 Å². The fraction of sp³-hybridized carbons (Fsp3) is 0. The maximum Gasteiger partial charge on any atom is 2.00 e. The van der Waals surface area contributed by atoms with Gasteiger partial charge in [0.1, 0.15) is 0 Å². The molecule has 28 valence electrons. The molecule has 0 aliphatic carbocycles. The predicted molar refractivity (Wildman–Crippen MR) is 27.7 cm³/mol. The minimum atomic E-state index is 0. The van der Waals surface area contributed by atoms with E-state index in [1.165, 1.54) is 0 Å². The molecule has 0 rings (SSSR count). The summed E-state index contributed by atoms with van der Waals surface area (Å²) < 4.78 is 7.83. The molecule has 0 aliphatic rings. The number of hydrogen-bond donors (Lipinski definition) is 0. The zero-order valence-electron chi connectivity index (χ0n) is 6.73. The fourth-order valence-electron chi connectivity index (χ4n) is 0. The maximum absolute atomic E-state index is 7.83. The van der Waals surface area contributed by atoms with Crippen molar-refractivity contribution in [3.8, 4) is 0 Å². The van der Waals surface area contributed by atoms with Crippen molar-refractivity contribution in [3.05, 3.63) is 0 Å². The first kappa shape index (κ1) is 31.3. The summed E-state index contributed by atoms with van der Waals surface area (Å²) in [7, 11) is 0. The molecule has 0 bridgehead atoms. The van der Waals surface area contributed by atoms with Crippen molar-refractivity contribution in [1.29, 1.82) is 0 Å². The van der Waals surface area contributed by atoms with Crippen molar-refractivity contribution in [2.75, 3.05) is 0 Å². The largest absolute Gasteiger partial charge is 2.00 e. The first-order chi connectivity index (χ1) is 1.00. The average molecular weight is 119 g/mol. The van der Waals surface area contributed by atoms with E-state index < -0.39 is 0 Å². The molecule has 0 saturated carbocycles. The Morgan fingerprint density at radius 3 is 1.20 bits per heavy atom. The monoisotopic (exact) mass is 118 g/mol. The molecule has 5 heteroatoms. The van der Waals surface area contributed by atoms with Crippen molar-refractivity contribution in [1.82, 2.24) is 0 Å². The van der Waals surface area contributed by atoms with Gasteiger partial charge in [0, 0.05) is 0 Å². The predicted octanol–water partition coefficient (Wildman–Crippen LogP) is -1.47. The summed E-state index contributed by atoms with van der Waals surface area (Å²) >= 11 is 2.83. The van der Waals surface area contributed by atoms with Gasteiger partial charge in [-0.1, -0.05) is 0 Å². The smallest absolute Gasteiger partial charge is 1.00 e. The summed E-state index contributed by atoms with van der Waals surface area (Å²) in [4.78, 5) is 0. The van der Waals surface area contributed by atoms with Crippen LogP contribution in [0.2, 0.25) is 0 Å². The van der Waals surface area contributed by atoms with Gasteiger partial charge in [-0.25, -0.2) is 0 Å². The molecule has 0 aromatic heterocycles. The Morgan fingerprint density at radius 2 is 1.20 bits per heavy atom. The van der Waals surface area contributed by atoms with E-state index in [0.717, 1.165) is 0 Å². The van der Waals surface area contributed by atoms with E-state index in [1.807, 2.05) is 0 Å². The Balaban J connectivity index is -0.000000000238. The zero-order valence-corrected chi connectivity index (χ0v) is 6.38. The first-order valence-electron chi connectivity index (χ1n) is 0.167. The topological polar surface area (TPSA) is 48.6 Å². The van der Waals surface area contributed by atoms with Crippen LogP contribution in [0.4, 0.5) is 0 Å². The van der Waals surface area contributed by atoms with Crippen LogP contribution in [0.1, 0.15) is 5.71 Å². The van der Waals surface area contributed by atoms with Gasteiger partial charge in [-0.15, -0.1) is 0 Å². The van der Waals surface area contributed by atoms with Gasteiger partial charge < -0.3 is 11.2 Å². The summed E-state index contributed by atoms with van der Waals surface area (Å²) in [6.07, 6.45) is 0. The summed E-state index contributed by atoms with van der Waals surface area (Å²) in [5, 5.41) is 0. The normalized spacial score (nSPS) is 0.800. The Hall–Kier alpha value is 1.51. The molecule has 0 radical (unpaired) electrons. The molecular formula is H6Mg2O2S. The zero-order chi connectivity index (χ0) is 2.00. The Bertz CT molecular complexity index is 16.5. The van der Waals surface area contributed by atoms with Gasteiger partial charge in [-0.05, 0) is 0 Å². The standard InChI is InChI=1S/2Mg.OS.H2O.4H/c;;1-2;;;;;/h;;;1H2;;;;/q2*+2;;;4*-1. The van der Waals surface area contributed by atoms with Crippen LogP contribution in [-0.4, -0.2) is 55.8 Å². The summed E-state index contributed by atoms with van der Waals surface area (Å²) in [6.45, 7) is 0. The molecule has 2 nitrogen and oxygen atoms in total. The molecule has 0 amide bonds. The van der Waals surface area contributed by atoms with Crippen molar-refractivity contribution in [3.63, 3.8) is 0 Å². The molecule has 0 aromatic rings. The minimum absolute atomic E-state index is 0. The van der Waals surface area contributed by atoms with Crippen molar-refractivity contribution < 1.29 is 15.4 Å². The van der Waals surface area contributed by atoms with Gasteiger partial charge in [0.2, 0.25) is 0 Å². The van der Waals surface area contributed by atoms with Crippen LogP contribution in [-0.2, 0) is 12.5 Å². The van der Waals surface area contributed by atoms with Crippen molar-refractivity contribution in [2.24, 2.45) is 0 Å². The van der Waals surface area contributed by atoms with Crippen LogP contribution >= 0.6 is 0 Å². The second-order valence-corrected chi connectivity index (χ2v) is 0. The van der Waals surface area contributed by atoms with Gasteiger partial charge in [0.25, 0.3) is 0 Å². The molecule has 0 heterocycles. The van der Waals surface area contributed by atoms with E-state index in [2.05, 4.69) is 12.5 Å². The van der Waals surface area contributed by atoms with E-state index in [0.29, 0.717) is 0 Å². The van der Waals surface area contributed by atoms with Gasteiger partial charge in [-0.3, -0.25) is 0 Å². The molecule has 0 aliphatic heterocycles. The van der Waals surface area contributed by atoms with E-state index in [9.17, 15) is 0 Å². The number of hydrogen-bond acceptors (Lipinski definition) is 2. The molecule has 0 atom stereocenters. The maximum atomic E-state index is 7.83. The quantitative estimate of drug-likeness (QED) is 0.365. The van der Waals surface area contributed by atoms with E-state index in [-0.39, 0.29) is 57.3 Å². The van der Waals surface area contributed by atoms with Crippen LogP contribution in [0.15, 0.2) is 0 Å². The number of rotatable bonds is 0. The second kappa shape index (κ2) is 49.1. The van der Waals surface area contributed by atoms with E-state index in [4.69, 9.17) is 4.21 Å².